The van der Waals surface area contributed by atoms with Gasteiger partial charge < -0.3 is 10.1 Å². The number of nitrogens with zero attached hydrogens (tertiary/aromatic N) is 2. The van der Waals surface area contributed by atoms with Crippen molar-refractivity contribution in [3.8, 4) is 5.75 Å². The number of aromatic amines is 1. The van der Waals surface area contributed by atoms with Crippen LogP contribution in [0.25, 0.3) is 10.9 Å². The third-order valence-corrected chi connectivity index (χ3v) is 3.94. The van der Waals surface area contributed by atoms with Crippen molar-refractivity contribution in [2.24, 2.45) is 5.10 Å². The Hall–Kier alpha value is -2.42. The number of halogens is 1. The summed E-state index contributed by atoms with van der Waals surface area (Å²) in [4.78, 5) is 26.8. The second-order valence-corrected chi connectivity index (χ2v) is 5.71. The molecule has 0 atom stereocenters. The topological polar surface area (TPSA) is 87.5 Å². The Morgan fingerprint density at radius 2 is 1.95 bits per heavy atom. The molecule has 22 heavy (non-hydrogen) atoms. The summed E-state index contributed by atoms with van der Waals surface area (Å²) in [6.45, 7) is 0. The predicted octanol–water partition coefficient (Wildman–Crippen LogP) is 1.88. The van der Waals surface area contributed by atoms with Crippen LogP contribution in [0, 0.1) is 3.57 Å². The maximum Gasteiger partial charge on any atom is 0.349 e. The van der Waals surface area contributed by atoms with Gasteiger partial charge in [0.1, 0.15) is 5.75 Å². The largest absolute Gasteiger partial charge is 0.507 e. The number of nitrogens with one attached hydrogen (secondary N) is 1. The highest BCUT2D eigenvalue weighted by Crippen LogP contribution is 2.19. The van der Waals surface area contributed by atoms with Gasteiger partial charge in [-0.15, -0.1) is 4.68 Å². The highest BCUT2D eigenvalue weighted by Gasteiger charge is 2.05. The summed E-state index contributed by atoms with van der Waals surface area (Å²) in [5.74, 6) is 0.165. The maximum atomic E-state index is 12.3. The van der Waals surface area contributed by atoms with E-state index in [-0.39, 0.29) is 5.75 Å². The third kappa shape index (κ3) is 2.67. The number of phenols is 1. The van der Waals surface area contributed by atoms with Crippen molar-refractivity contribution in [3.63, 3.8) is 0 Å². The molecule has 2 N–H and O–H groups in total. The van der Waals surface area contributed by atoms with E-state index in [4.69, 9.17) is 0 Å². The number of phenolic OH excluding ortho intramolecular Hbond substituents is 1. The highest BCUT2D eigenvalue weighted by atomic mass is 127. The Labute approximate surface area is 137 Å². The van der Waals surface area contributed by atoms with Crippen LogP contribution in [-0.4, -0.2) is 21.0 Å². The summed E-state index contributed by atoms with van der Waals surface area (Å²) in [5, 5.41) is 13.8. The zero-order valence-corrected chi connectivity index (χ0v) is 13.3. The van der Waals surface area contributed by atoms with Gasteiger partial charge in [0.2, 0.25) is 0 Å². The lowest BCUT2D eigenvalue weighted by atomic mass is 10.2. The van der Waals surface area contributed by atoms with E-state index in [1.807, 2.05) is 22.6 Å². The van der Waals surface area contributed by atoms with Crippen molar-refractivity contribution in [2.45, 2.75) is 0 Å². The van der Waals surface area contributed by atoms with Crippen molar-refractivity contribution >= 4 is 39.7 Å². The van der Waals surface area contributed by atoms with Crippen LogP contribution in [0.15, 0.2) is 57.2 Å². The molecule has 0 saturated carbocycles. The zero-order valence-electron chi connectivity index (χ0n) is 11.2. The Bertz CT molecular complexity index is 1000. The summed E-state index contributed by atoms with van der Waals surface area (Å²) in [7, 11) is 0. The lowest BCUT2D eigenvalue weighted by molar-refractivity contribution is 0.471. The van der Waals surface area contributed by atoms with Crippen LogP contribution < -0.4 is 11.2 Å². The summed E-state index contributed by atoms with van der Waals surface area (Å²) in [6, 6.07) is 11.6. The maximum absolute atomic E-state index is 12.3. The molecule has 0 aliphatic rings. The SMILES string of the molecule is O=c1[nH]c2ccccc2c(=O)n1N=Cc1ccc(O)c(I)c1. The van der Waals surface area contributed by atoms with E-state index in [9.17, 15) is 14.7 Å². The van der Waals surface area contributed by atoms with Gasteiger partial charge in [-0.25, -0.2) is 4.79 Å². The molecule has 0 aliphatic carbocycles. The number of hydrogen-bond donors (Lipinski definition) is 2. The minimum Gasteiger partial charge on any atom is -0.507 e. The molecule has 3 rings (SSSR count). The summed E-state index contributed by atoms with van der Waals surface area (Å²) < 4.78 is 1.43. The number of rotatable bonds is 2. The molecule has 0 aliphatic heterocycles. The molecule has 0 bridgehead atoms. The van der Waals surface area contributed by atoms with Gasteiger partial charge in [-0.1, -0.05) is 12.1 Å². The van der Waals surface area contributed by atoms with Crippen molar-refractivity contribution in [1.29, 1.82) is 0 Å². The first-order valence-electron chi connectivity index (χ1n) is 6.33. The molecule has 0 saturated heterocycles. The van der Waals surface area contributed by atoms with Gasteiger partial charge in [-0.2, -0.15) is 5.10 Å². The number of para-hydroxylation sites is 1. The minimum absolute atomic E-state index is 0.165. The van der Waals surface area contributed by atoms with E-state index >= 15 is 0 Å². The fraction of sp³-hybridized carbons (Fsp3) is 0. The Morgan fingerprint density at radius 1 is 1.18 bits per heavy atom. The van der Waals surface area contributed by atoms with Crippen LogP contribution in [0.1, 0.15) is 5.56 Å². The van der Waals surface area contributed by atoms with Gasteiger partial charge in [0.05, 0.1) is 20.7 Å². The first-order chi connectivity index (χ1) is 10.6. The van der Waals surface area contributed by atoms with Gasteiger partial charge in [0.25, 0.3) is 5.56 Å². The van der Waals surface area contributed by atoms with Crippen molar-refractivity contribution in [3.05, 3.63) is 72.4 Å². The first kappa shape index (κ1) is 14.5. The smallest absolute Gasteiger partial charge is 0.349 e. The van der Waals surface area contributed by atoms with E-state index in [2.05, 4.69) is 10.1 Å². The van der Waals surface area contributed by atoms with Crippen molar-refractivity contribution < 1.29 is 5.11 Å². The van der Waals surface area contributed by atoms with Crippen LogP contribution in [0.2, 0.25) is 0 Å². The van der Waals surface area contributed by atoms with Crippen LogP contribution in [0.3, 0.4) is 0 Å². The number of fused-ring (bicyclic) bond motifs is 1. The van der Waals surface area contributed by atoms with Gasteiger partial charge in [-0.05, 0) is 58.5 Å². The molecule has 6 nitrogen and oxygen atoms in total. The van der Waals surface area contributed by atoms with Crippen LogP contribution in [0.5, 0.6) is 5.75 Å². The zero-order chi connectivity index (χ0) is 15.7. The van der Waals surface area contributed by atoms with Crippen molar-refractivity contribution in [2.75, 3.05) is 0 Å². The average Bonchev–Trinajstić information content (AvgIpc) is 2.50. The Balaban J connectivity index is 2.10. The molecule has 1 heterocycles. The van der Waals surface area contributed by atoms with Crippen LogP contribution >= 0.6 is 22.6 Å². The van der Waals surface area contributed by atoms with Crippen LogP contribution in [-0.2, 0) is 0 Å². The van der Waals surface area contributed by atoms with Gasteiger partial charge in [0, 0.05) is 0 Å². The monoisotopic (exact) mass is 407 g/mol. The quantitative estimate of drug-likeness (QED) is 0.503. The molecular formula is C15H10IN3O3. The van der Waals surface area contributed by atoms with E-state index in [1.165, 1.54) is 12.3 Å². The average molecular weight is 407 g/mol. The van der Waals surface area contributed by atoms with E-state index in [0.717, 1.165) is 4.68 Å². The molecule has 0 fully saturated rings. The summed E-state index contributed by atoms with van der Waals surface area (Å²) in [6.07, 6.45) is 1.40. The summed E-state index contributed by atoms with van der Waals surface area (Å²) in [5.41, 5.74) is 0.0577. The molecule has 2 aromatic carbocycles. The number of benzene rings is 2. The molecule has 0 radical (unpaired) electrons. The number of H-pyrrole nitrogens is 1. The lowest BCUT2D eigenvalue weighted by Gasteiger charge is -2.01. The van der Waals surface area contributed by atoms with Crippen LogP contribution in [0.4, 0.5) is 0 Å². The molecule has 0 unspecified atom stereocenters. The molecule has 1 aromatic heterocycles. The van der Waals surface area contributed by atoms with E-state index in [1.54, 1.807) is 36.4 Å². The second-order valence-electron chi connectivity index (χ2n) is 4.55. The van der Waals surface area contributed by atoms with Gasteiger partial charge in [0.15, 0.2) is 0 Å². The molecule has 0 spiro atoms. The second kappa shape index (κ2) is 5.76. The fourth-order valence-corrected chi connectivity index (χ4v) is 2.53. The fourth-order valence-electron chi connectivity index (χ4n) is 1.99. The summed E-state index contributed by atoms with van der Waals surface area (Å²) >= 11 is 1.98. The predicted molar refractivity (Wildman–Crippen MR) is 92.6 cm³/mol. The Morgan fingerprint density at radius 3 is 2.73 bits per heavy atom. The lowest BCUT2D eigenvalue weighted by Crippen LogP contribution is -2.32. The van der Waals surface area contributed by atoms with Crippen molar-refractivity contribution in [1.82, 2.24) is 9.66 Å². The third-order valence-electron chi connectivity index (χ3n) is 3.08. The molecule has 7 heteroatoms. The van der Waals surface area contributed by atoms with Gasteiger partial charge >= 0.3 is 5.69 Å². The highest BCUT2D eigenvalue weighted by molar-refractivity contribution is 14.1. The standard InChI is InChI=1S/C15H10IN3O3/c16-11-7-9(5-6-13(11)20)8-17-19-14(21)10-3-1-2-4-12(10)18-15(19)22/h1-8,20H,(H,18,22). The first-order valence-corrected chi connectivity index (χ1v) is 7.41. The molecule has 0 amide bonds. The minimum atomic E-state index is -0.603. The number of aromatic hydroxyl groups is 1. The molecule has 110 valence electrons. The van der Waals surface area contributed by atoms with E-state index < -0.39 is 11.2 Å². The van der Waals surface area contributed by atoms with Gasteiger partial charge in [-0.3, -0.25) is 4.79 Å². The van der Waals surface area contributed by atoms with E-state index in [0.29, 0.717) is 20.0 Å². The number of hydrogen-bond acceptors (Lipinski definition) is 4. The molecular weight excluding hydrogens is 397 g/mol. The normalized spacial score (nSPS) is 11.3. The Kier molecular flexibility index (Phi) is 3.80. The number of aromatic nitrogens is 2. The molecule has 3 aromatic rings.